The van der Waals surface area contributed by atoms with Gasteiger partial charge in [0.05, 0.1) is 0 Å². The van der Waals surface area contributed by atoms with Crippen LogP contribution in [-0.4, -0.2) is 22.6 Å². The molecule has 0 aliphatic heterocycles. The number of rotatable bonds is 7. The molecule has 0 aliphatic rings. The zero-order chi connectivity index (χ0) is 12.7. The third-order valence-electron chi connectivity index (χ3n) is 2.80. The summed E-state index contributed by atoms with van der Waals surface area (Å²) in [5, 5.41) is 9.73. The minimum absolute atomic E-state index is 0.0168. The Morgan fingerprint density at radius 3 is 2.94 bits per heavy atom. The lowest BCUT2D eigenvalue weighted by Crippen LogP contribution is -2.21. The number of hydrogen-bond donors (Lipinski definition) is 3. The Balaban J connectivity index is 2.44. The van der Waals surface area contributed by atoms with E-state index in [0.717, 1.165) is 25.0 Å². The standard InChI is InChI=1S/C12H22N4O/c1-3-5-10-7-11(16-15-10)14-12(17)6-9(4-2)8-13/h7,9H,3-6,8,13H2,1-2H3,(H2,14,15,16,17). The van der Waals surface area contributed by atoms with Gasteiger partial charge >= 0.3 is 0 Å². The monoisotopic (exact) mass is 238 g/mol. The van der Waals surface area contributed by atoms with Crippen LogP contribution in [-0.2, 0) is 11.2 Å². The summed E-state index contributed by atoms with van der Waals surface area (Å²) >= 11 is 0. The number of aromatic amines is 1. The second-order valence-electron chi connectivity index (χ2n) is 4.29. The summed E-state index contributed by atoms with van der Waals surface area (Å²) in [5.74, 6) is 0.839. The fourth-order valence-corrected chi connectivity index (χ4v) is 1.67. The van der Waals surface area contributed by atoms with Gasteiger partial charge in [0, 0.05) is 18.2 Å². The third-order valence-corrected chi connectivity index (χ3v) is 2.80. The highest BCUT2D eigenvalue weighted by molar-refractivity contribution is 5.89. The van der Waals surface area contributed by atoms with Gasteiger partial charge in [-0.05, 0) is 18.9 Å². The SMILES string of the molecule is CCCc1cc(NC(=O)CC(CC)CN)n[nH]1. The lowest BCUT2D eigenvalue weighted by molar-refractivity contribution is -0.117. The van der Waals surface area contributed by atoms with E-state index in [1.165, 1.54) is 0 Å². The van der Waals surface area contributed by atoms with Crippen molar-refractivity contribution in [3.8, 4) is 0 Å². The summed E-state index contributed by atoms with van der Waals surface area (Å²) in [6.45, 7) is 4.69. The van der Waals surface area contributed by atoms with Gasteiger partial charge in [0.1, 0.15) is 0 Å². The Labute approximate surface area is 102 Å². The van der Waals surface area contributed by atoms with E-state index in [-0.39, 0.29) is 11.8 Å². The normalized spacial score (nSPS) is 12.4. The van der Waals surface area contributed by atoms with Gasteiger partial charge in [-0.2, -0.15) is 5.10 Å². The average molecular weight is 238 g/mol. The first-order valence-electron chi connectivity index (χ1n) is 6.23. The molecule has 0 saturated carbocycles. The second-order valence-corrected chi connectivity index (χ2v) is 4.29. The van der Waals surface area contributed by atoms with E-state index in [9.17, 15) is 4.79 Å². The Kier molecular flexibility index (Phi) is 5.69. The van der Waals surface area contributed by atoms with Crippen LogP contribution in [0.5, 0.6) is 0 Å². The first kappa shape index (κ1) is 13.7. The van der Waals surface area contributed by atoms with Crippen LogP contribution in [0, 0.1) is 5.92 Å². The molecular formula is C12H22N4O. The van der Waals surface area contributed by atoms with Crippen LogP contribution in [0.25, 0.3) is 0 Å². The smallest absolute Gasteiger partial charge is 0.225 e. The number of hydrogen-bond acceptors (Lipinski definition) is 3. The van der Waals surface area contributed by atoms with E-state index >= 15 is 0 Å². The van der Waals surface area contributed by atoms with Crippen molar-refractivity contribution in [3.63, 3.8) is 0 Å². The predicted molar refractivity (Wildman–Crippen MR) is 68.7 cm³/mol. The van der Waals surface area contributed by atoms with Crippen LogP contribution in [0.4, 0.5) is 5.82 Å². The van der Waals surface area contributed by atoms with Crippen molar-refractivity contribution in [3.05, 3.63) is 11.8 Å². The van der Waals surface area contributed by atoms with Crippen LogP contribution in [0.3, 0.4) is 0 Å². The van der Waals surface area contributed by atoms with E-state index in [1.54, 1.807) is 0 Å². The zero-order valence-electron chi connectivity index (χ0n) is 10.6. The zero-order valence-corrected chi connectivity index (χ0v) is 10.6. The van der Waals surface area contributed by atoms with Crippen molar-refractivity contribution >= 4 is 11.7 Å². The molecule has 1 atom stereocenters. The lowest BCUT2D eigenvalue weighted by Gasteiger charge is -2.10. The summed E-state index contributed by atoms with van der Waals surface area (Å²) in [5.41, 5.74) is 6.62. The highest BCUT2D eigenvalue weighted by Gasteiger charge is 2.11. The number of aromatic nitrogens is 2. The van der Waals surface area contributed by atoms with Crippen molar-refractivity contribution in [1.29, 1.82) is 0 Å². The van der Waals surface area contributed by atoms with E-state index in [4.69, 9.17) is 5.73 Å². The summed E-state index contributed by atoms with van der Waals surface area (Å²) in [4.78, 5) is 11.7. The number of nitrogens with two attached hydrogens (primary N) is 1. The number of nitrogens with zero attached hydrogens (tertiary/aromatic N) is 1. The molecule has 1 aromatic heterocycles. The van der Waals surface area contributed by atoms with Crippen LogP contribution in [0.15, 0.2) is 6.07 Å². The van der Waals surface area contributed by atoms with Gasteiger partial charge in [0.25, 0.3) is 0 Å². The molecule has 0 radical (unpaired) electrons. The molecule has 0 bridgehead atoms. The molecule has 1 unspecified atom stereocenters. The first-order chi connectivity index (χ1) is 8.19. The molecule has 5 heteroatoms. The molecule has 17 heavy (non-hydrogen) atoms. The van der Waals surface area contributed by atoms with Crippen molar-refractivity contribution in [2.24, 2.45) is 11.7 Å². The molecule has 1 heterocycles. The molecule has 96 valence electrons. The predicted octanol–water partition coefficient (Wildman–Crippen LogP) is 1.68. The summed E-state index contributed by atoms with van der Waals surface area (Å²) in [6.07, 6.45) is 3.39. The van der Waals surface area contributed by atoms with E-state index in [2.05, 4.69) is 22.4 Å². The largest absolute Gasteiger partial charge is 0.330 e. The number of nitrogens with one attached hydrogen (secondary N) is 2. The highest BCUT2D eigenvalue weighted by atomic mass is 16.1. The molecule has 5 nitrogen and oxygen atoms in total. The third kappa shape index (κ3) is 4.56. The fourth-order valence-electron chi connectivity index (χ4n) is 1.67. The van der Waals surface area contributed by atoms with Crippen molar-refractivity contribution in [2.75, 3.05) is 11.9 Å². The highest BCUT2D eigenvalue weighted by Crippen LogP contribution is 2.10. The summed E-state index contributed by atoms with van der Waals surface area (Å²) in [6, 6.07) is 1.88. The van der Waals surface area contributed by atoms with Crippen LogP contribution in [0.2, 0.25) is 0 Å². The maximum atomic E-state index is 11.7. The Morgan fingerprint density at radius 2 is 2.35 bits per heavy atom. The molecule has 0 aliphatic carbocycles. The number of aryl methyl sites for hydroxylation is 1. The van der Waals surface area contributed by atoms with Gasteiger partial charge in [-0.15, -0.1) is 0 Å². The molecule has 0 fully saturated rings. The number of H-pyrrole nitrogens is 1. The Morgan fingerprint density at radius 1 is 1.59 bits per heavy atom. The van der Waals surface area contributed by atoms with Gasteiger partial charge in [-0.1, -0.05) is 26.7 Å². The van der Waals surface area contributed by atoms with E-state index in [1.807, 2.05) is 13.0 Å². The van der Waals surface area contributed by atoms with Gasteiger partial charge in [0.2, 0.25) is 5.91 Å². The fraction of sp³-hybridized carbons (Fsp3) is 0.667. The number of anilines is 1. The minimum atomic E-state index is -0.0168. The number of amides is 1. The molecule has 0 saturated heterocycles. The second kappa shape index (κ2) is 7.06. The number of carbonyl (C=O) groups excluding carboxylic acids is 1. The van der Waals surface area contributed by atoms with Crippen molar-refractivity contribution in [1.82, 2.24) is 10.2 Å². The van der Waals surface area contributed by atoms with Crippen LogP contribution >= 0.6 is 0 Å². The van der Waals surface area contributed by atoms with Crippen molar-refractivity contribution < 1.29 is 4.79 Å². The van der Waals surface area contributed by atoms with Crippen molar-refractivity contribution in [2.45, 2.75) is 39.5 Å². The molecule has 4 N–H and O–H groups in total. The van der Waals surface area contributed by atoms with Crippen LogP contribution in [0.1, 0.15) is 38.8 Å². The van der Waals surface area contributed by atoms with Gasteiger partial charge < -0.3 is 11.1 Å². The topological polar surface area (TPSA) is 83.8 Å². The maximum absolute atomic E-state index is 11.7. The molecular weight excluding hydrogens is 216 g/mol. The maximum Gasteiger partial charge on any atom is 0.225 e. The summed E-state index contributed by atoms with van der Waals surface area (Å²) < 4.78 is 0. The molecule has 1 rings (SSSR count). The number of carbonyl (C=O) groups is 1. The van der Waals surface area contributed by atoms with E-state index in [0.29, 0.717) is 18.8 Å². The van der Waals surface area contributed by atoms with Gasteiger partial charge in [-0.3, -0.25) is 9.89 Å². The van der Waals surface area contributed by atoms with Gasteiger partial charge in [0.15, 0.2) is 5.82 Å². The molecule has 0 spiro atoms. The average Bonchev–Trinajstić information content (AvgIpc) is 2.74. The first-order valence-corrected chi connectivity index (χ1v) is 6.23. The lowest BCUT2D eigenvalue weighted by atomic mass is 10.0. The Bertz CT molecular complexity index is 344. The molecule has 0 aromatic carbocycles. The summed E-state index contributed by atoms with van der Waals surface area (Å²) in [7, 11) is 0. The Hall–Kier alpha value is -1.36. The molecule has 1 amide bonds. The quantitative estimate of drug-likeness (QED) is 0.675. The minimum Gasteiger partial charge on any atom is -0.330 e. The van der Waals surface area contributed by atoms with E-state index < -0.39 is 0 Å². The van der Waals surface area contributed by atoms with Gasteiger partial charge in [-0.25, -0.2) is 0 Å². The molecule has 1 aromatic rings. The van der Waals surface area contributed by atoms with Crippen LogP contribution < -0.4 is 11.1 Å².